The van der Waals surface area contributed by atoms with E-state index in [1.165, 1.54) is 7.11 Å². The summed E-state index contributed by atoms with van der Waals surface area (Å²) in [6, 6.07) is 25.9. The van der Waals surface area contributed by atoms with E-state index >= 15 is 0 Å². The zero-order chi connectivity index (χ0) is 16.8. The number of hydrogen-bond acceptors (Lipinski definition) is 3. The number of carbonyl (C=O) groups excluding carboxylic acids is 1. The Hall–Kier alpha value is -2.64. The van der Waals surface area contributed by atoms with E-state index < -0.39 is 6.89 Å². The number of esters is 1. The Morgan fingerprint density at radius 1 is 0.875 bits per heavy atom. The van der Waals surface area contributed by atoms with E-state index in [0.717, 1.165) is 16.0 Å². The van der Waals surface area contributed by atoms with Crippen LogP contribution >= 0.6 is 6.89 Å². The number of methoxy groups -OCH3 is 1. The first-order valence-electron chi connectivity index (χ1n) is 7.63. The molecule has 1 heterocycles. The van der Waals surface area contributed by atoms with Gasteiger partial charge in [0.25, 0.3) is 0 Å². The molecule has 0 aliphatic heterocycles. The lowest BCUT2D eigenvalue weighted by atomic mass is 10.4. The van der Waals surface area contributed by atoms with Crippen LogP contribution in [0, 0.1) is 0 Å². The number of pyridine rings is 1. The minimum absolute atomic E-state index is 0.346. The summed E-state index contributed by atoms with van der Waals surface area (Å²) in [7, 11) is 1.40. The third-order valence-corrected chi connectivity index (χ3v) is 7.65. The second-order valence-electron chi connectivity index (χ2n) is 5.23. The van der Waals surface area contributed by atoms with Crippen molar-refractivity contribution >= 4 is 34.7 Å². The van der Waals surface area contributed by atoms with Gasteiger partial charge in [-0.3, -0.25) is 4.98 Å². The highest BCUT2D eigenvalue weighted by molar-refractivity contribution is 7.95. The molecule has 0 saturated carbocycles. The molecule has 0 spiro atoms. The van der Waals surface area contributed by atoms with Gasteiger partial charge in [0.05, 0.1) is 12.5 Å². The van der Waals surface area contributed by atoms with Gasteiger partial charge >= 0.3 is 5.97 Å². The number of ether oxygens (including phenoxy) is 1. The van der Waals surface area contributed by atoms with Gasteiger partial charge < -0.3 is 4.74 Å². The van der Waals surface area contributed by atoms with Crippen molar-refractivity contribution < 1.29 is 9.53 Å². The van der Waals surface area contributed by atoms with Crippen LogP contribution < -0.4 is 16.0 Å². The van der Waals surface area contributed by atoms with Gasteiger partial charge in [-0.1, -0.05) is 66.7 Å². The van der Waals surface area contributed by atoms with Gasteiger partial charge in [0.2, 0.25) is 0 Å². The normalized spacial score (nSPS) is 10.9. The molecule has 3 aromatic rings. The van der Waals surface area contributed by atoms with Crippen LogP contribution in [0.3, 0.4) is 0 Å². The molecule has 0 fully saturated rings. The van der Waals surface area contributed by atoms with E-state index in [4.69, 9.17) is 4.74 Å². The van der Waals surface area contributed by atoms with Crippen LogP contribution in [0.2, 0.25) is 0 Å². The minimum Gasteiger partial charge on any atom is -0.466 e. The molecule has 3 rings (SSSR count). The molecule has 0 atom stereocenters. The third kappa shape index (κ3) is 3.04. The van der Waals surface area contributed by atoms with Gasteiger partial charge in [-0.2, -0.15) is 0 Å². The van der Waals surface area contributed by atoms with Crippen molar-refractivity contribution in [3.63, 3.8) is 0 Å². The molecule has 0 unspecified atom stereocenters. The van der Waals surface area contributed by atoms with E-state index in [9.17, 15) is 4.79 Å². The van der Waals surface area contributed by atoms with Crippen molar-refractivity contribution in [2.24, 2.45) is 0 Å². The van der Waals surface area contributed by atoms with Crippen LogP contribution in [0.1, 0.15) is 0 Å². The lowest BCUT2D eigenvalue weighted by Gasteiger charge is -2.26. The van der Waals surface area contributed by atoms with Crippen molar-refractivity contribution in [3.8, 4) is 0 Å². The molecule has 1 aromatic heterocycles. The SMILES string of the molecule is COC(=O)C=P(c1ccccc1)(c1ccccc1)c1ccccn1. The topological polar surface area (TPSA) is 39.2 Å². The van der Waals surface area contributed by atoms with Crippen LogP contribution in [0.15, 0.2) is 85.1 Å². The molecule has 0 aliphatic carbocycles. The fourth-order valence-electron chi connectivity index (χ4n) is 2.73. The van der Waals surface area contributed by atoms with E-state index in [-0.39, 0.29) is 5.97 Å². The van der Waals surface area contributed by atoms with Gasteiger partial charge in [-0.05, 0) is 22.7 Å². The molecule has 2 aromatic carbocycles. The number of nitrogens with zero attached hydrogens (tertiary/aromatic N) is 1. The summed E-state index contributed by atoms with van der Waals surface area (Å²) in [5.41, 5.74) is 0.882. The summed E-state index contributed by atoms with van der Waals surface area (Å²) in [5, 5.41) is 2.14. The van der Waals surface area contributed by atoms with Crippen molar-refractivity contribution in [2.45, 2.75) is 0 Å². The fraction of sp³-hybridized carbons (Fsp3) is 0.0500. The molecule has 4 heteroatoms. The summed E-state index contributed by atoms with van der Waals surface area (Å²) in [6.45, 7) is -2.34. The molecule has 0 radical (unpaired) electrons. The van der Waals surface area contributed by atoms with E-state index in [0.29, 0.717) is 0 Å². The Labute approximate surface area is 141 Å². The quantitative estimate of drug-likeness (QED) is 0.543. The summed E-state index contributed by atoms with van der Waals surface area (Å²) in [4.78, 5) is 16.9. The monoisotopic (exact) mass is 335 g/mol. The van der Waals surface area contributed by atoms with E-state index in [1.54, 1.807) is 12.0 Å². The first-order valence-corrected chi connectivity index (χ1v) is 9.48. The maximum Gasteiger partial charge on any atom is 0.331 e. The maximum absolute atomic E-state index is 12.3. The van der Waals surface area contributed by atoms with Gasteiger partial charge in [-0.15, -0.1) is 0 Å². The number of carbonyl (C=O) groups is 1. The second kappa shape index (κ2) is 7.29. The molecule has 0 amide bonds. The number of benzene rings is 2. The number of rotatable bonds is 4. The molecule has 0 aliphatic rings. The number of aromatic nitrogens is 1. The number of hydrogen-bond donors (Lipinski definition) is 0. The highest BCUT2D eigenvalue weighted by Crippen LogP contribution is 2.42. The Morgan fingerprint density at radius 3 is 1.88 bits per heavy atom. The predicted molar refractivity (Wildman–Crippen MR) is 101 cm³/mol. The van der Waals surface area contributed by atoms with E-state index in [2.05, 4.69) is 29.2 Å². The highest BCUT2D eigenvalue weighted by Gasteiger charge is 2.27. The largest absolute Gasteiger partial charge is 0.466 e. The zero-order valence-corrected chi connectivity index (χ0v) is 14.3. The van der Waals surface area contributed by atoms with Crippen molar-refractivity contribution in [1.82, 2.24) is 4.98 Å². The third-order valence-electron chi connectivity index (χ3n) is 3.84. The van der Waals surface area contributed by atoms with Crippen LogP contribution in [-0.2, 0) is 9.53 Å². The first-order chi connectivity index (χ1) is 11.8. The van der Waals surface area contributed by atoms with Gasteiger partial charge in [0.1, 0.15) is 0 Å². The molecule has 0 bridgehead atoms. The molecular formula is C20H18NO2P. The Kier molecular flexibility index (Phi) is 4.93. The lowest BCUT2D eigenvalue weighted by Crippen LogP contribution is -2.30. The Bertz CT molecular complexity index is 758. The summed E-state index contributed by atoms with van der Waals surface area (Å²) in [6.07, 6.45) is 1.76. The van der Waals surface area contributed by atoms with E-state index in [1.807, 2.05) is 54.6 Å². The summed E-state index contributed by atoms with van der Waals surface area (Å²) >= 11 is 0. The lowest BCUT2D eigenvalue weighted by molar-refractivity contribution is -0.132. The molecule has 0 saturated heterocycles. The van der Waals surface area contributed by atoms with Crippen LogP contribution in [0.25, 0.3) is 0 Å². The van der Waals surface area contributed by atoms with Gasteiger partial charge in [0, 0.05) is 18.9 Å². The Balaban J connectivity index is 2.42. The smallest absolute Gasteiger partial charge is 0.331 e. The molecule has 0 N–H and O–H groups in total. The average Bonchev–Trinajstić information content (AvgIpc) is 2.68. The summed E-state index contributed by atoms with van der Waals surface area (Å²) in [5.74, 6) is 1.36. The molecular weight excluding hydrogens is 317 g/mol. The van der Waals surface area contributed by atoms with Crippen molar-refractivity contribution in [3.05, 3.63) is 85.1 Å². The zero-order valence-electron chi connectivity index (χ0n) is 13.4. The Morgan fingerprint density at radius 2 is 1.42 bits per heavy atom. The summed E-state index contributed by atoms with van der Waals surface area (Å²) < 4.78 is 4.98. The second-order valence-corrected chi connectivity index (χ2v) is 8.43. The van der Waals surface area contributed by atoms with Gasteiger partial charge in [-0.25, -0.2) is 4.79 Å². The van der Waals surface area contributed by atoms with Crippen LogP contribution in [0.4, 0.5) is 0 Å². The maximum atomic E-state index is 12.3. The standard InChI is InChI=1S/C20H18NO2P/c1-23-20(22)16-24(17-10-4-2-5-11-17,18-12-6-3-7-13-18)19-14-8-9-15-21-19/h2-16H,1H3. The van der Waals surface area contributed by atoms with Crippen molar-refractivity contribution in [2.75, 3.05) is 7.11 Å². The average molecular weight is 335 g/mol. The predicted octanol–water partition coefficient (Wildman–Crippen LogP) is 2.35. The highest BCUT2D eigenvalue weighted by atomic mass is 31.2. The van der Waals surface area contributed by atoms with Gasteiger partial charge in [0.15, 0.2) is 0 Å². The minimum atomic E-state index is -2.34. The van der Waals surface area contributed by atoms with Crippen LogP contribution in [0.5, 0.6) is 0 Å². The molecule has 3 nitrogen and oxygen atoms in total. The molecule has 24 heavy (non-hydrogen) atoms. The molecule has 120 valence electrons. The van der Waals surface area contributed by atoms with Crippen molar-refractivity contribution in [1.29, 1.82) is 0 Å². The fourth-order valence-corrected chi connectivity index (χ4v) is 6.26. The first kappa shape index (κ1) is 16.2. The van der Waals surface area contributed by atoms with Crippen LogP contribution in [-0.4, -0.2) is 23.9 Å².